The van der Waals surface area contributed by atoms with Crippen molar-refractivity contribution in [3.05, 3.63) is 156 Å². The van der Waals surface area contributed by atoms with Gasteiger partial charge in [0.05, 0.1) is 16.7 Å². The lowest BCUT2D eigenvalue weighted by Crippen LogP contribution is -2.10. The van der Waals surface area contributed by atoms with E-state index in [1.807, 2.05) is 78.9 Å². The van der Waals surface area contributed by atoms with Crippen LogP contribution in [-0.2, 0) is 10.8 Å². The topological polar surface area (TPSA) is 43.6 Å². The molecule has 262 valence electrons. The molecule has 0 aliphatic carbocycles. The third-order valence-electron chi connectivity index (χ3n) is 9.94. The van der Waals surface area contributed by atoms with E-state index in [-0.39, 0.29) is 16.4 Å². The van der Waals surface area contributed by atoms with Crippen molar-refractivity contribution in [1.29, 1.82) is 0 Å². The number of hydrogen-bond acceptors (Lipinski definition) is 3. The molecule has 0 aliphatic rings. The summed E-state index contributed by atoms with van der Waals surface area (Å²) in [5, 5.41) is 2.27. The minimum absolute atomic E-state index is 0.0569. The molecule has 8 rings (SSSR count). The van der Waals surface area contributed by atoms with Gasteiger partial charge in [-0.15, -0.1) is 0 Å². The second-order valence-electron chi connectivity index (χ2n) is 15.7. The molecule has 0 unspecified atom stereocenters. The summed E-state index contributed by atoms with van der Waals surface area (Å²) >= 11 is 0. The number of benzene rings is 6. The molecular formula is C47H40F2N4. The van der Waals surface area contributed by atoms with E-state index in [2.05, 4.69) is 82.5 Å². The van der Waals surface area contributed by atoms with Gasteiger partial charge < -0.3 is 4.57 Å². The third kappa shape index (κ3) is 6.29. The second-order valence-corrected chi connectivity index (χ2v) is 15.7. The highest BCUT2D eigenvalue weighted by atomic mass is 19.2. The van der Waals surface area contributed by atoms with E-state index in [4.69, 9.17) is 15.0 Å². The van der Waals surface area contributed by atoms with Crippen LogP contribution in [0, 0.1) is 11.6 Å². The minimum Gasteiger partial charge on any atom is -0.309 e. The van der Waals surface area contributed by atoms with Crippen molar-refractivity contribution in [3.63, 3.8) is 0 Å². The fourth-order valence-electron chi connectivity index (χ4n) is 6.95. The number of nitrogens with zero attached hydrogens (tertiary/aromatic N) is 4. The van der Waals surface area contributed by atoms with Crippen LogP contribution in [0.3, 0.4) is 0 Å². The Morgan fingerprint density at radius 2 is 0.962 bits per heavy atom. The quantitative estimate of drug-likeness (QED) is 0.180. The van der Waals surface area contributed by atoms with Crippen LogP contribution >= 0.6 is 0 Å². The Hall–Kier alpha value is -6.01. The first-order valence-electron chi connectivity index (χ1n) is 17.9. The first kappa shape index (κ1) is 34.1. The van der Waals surface area contributed by atoms with Gasteiger partial charge >= 0.3 is 0 Å². The molecule has 0 saturated heterocycles. The highest BCUT2D eigenvalue weighted by Crippen LogP contribution is 2.41. The SMILES string of the molecule is CC(C)(C)c1ccc2c(c1)c1cc(C(C)(C)C)ccc1n2-c1ccc(-c2cccc(F)c2F)cc1-c1nc(-c2ccccc2)nc(-c2ccccc2)n1. The summed E-state index contributed by atoms with van der Waals surface area (Å²) in [4.78, 5) is 15.1. The van der Waals surface area contributed by atoms with Crippen molar-refractivity contribution in [2.75, 3.05) is 0 Å². The Balaban J connectivity index is 1.48. The average Bonchev–Trinajstić information content (AvgIpc) is 3.48. The van der Waals surface area contributed by atoms with Crippen molar-refractivity contribution in [3.8, 4) is 51.0 Å². The van der Waals surface area contributed by atoms with Gasteiger partial charge in [0.2, 0.25) is 0 Å². The zero-order valence-corrected chi connectivity index (χ0v) is 30.7. The zero-order chi connectivity index (χ0) is 37.1. The monoisotopic (exact) mass is 698 g/mol. The Morgan fingerprint density at radius 3 is 1.47 bits per heavy atom. The lowest BCUT2D eigenvalue weighted by atomic mass is 9.85. The molecule has 2 heterocycles. The molecule has 0 N–H and O–H groups in total. The zero-order valence-electron chi connectivity index (χ0n) is 30.7. The third-order valence-corrected chi connectivity index (χ3v) is 9.94. The van der Waals surface area contributed by atoms with Gasteiger partial charge in [-0.05, 0) is 70.0 Å². The first-order chi connectivity index (χ1) is 25.4. The second kappa shape index (κ2) is 12.9. The van der Waals surface area contributed by atoms with E-state index in [1.54, 1.807) is 6.07 Å². The van der Waals surface area contributed by atoms with Gasteiger partial charge in [0.25, 0.3) is 0 Å². The maximum atomic E-state index is 15.4. The molecular weight excluding hydrogens is 659 g/mol. The maximum absolute atomic E-state index is 15.4. The average molecular weight is 699 g/mol. The fraction of sp³-hybridized carbons (Fsp3) is 0.170. The van der Waals surface area contributed by atoms with Crippen LogP contribution in [0.15, 0.2) is 133 Å². The number of halogens is 2. The van der Waals surface area contributed by atoms with Crippen LogP contribution in [-0.4, -0.2) is 19.5 Å². The van der Waals surface area contributed by atoms with E-state index < -0.39 is 11.6 Å². The maximum Gasteiger partial charge on any atom is 0.166 e. The van der Waals surface area contributed by atoms with E-state index in [9.17, 15) is 4.39 Å². The largest absolute Gasteiger partial charge is 0.309 e. The van der Waals surface area contributed by atoms with Crippen LogP contribution in [0.1, 0.15) is 52.7 Å². The molecule has 0 aliphatic heterocycles. The van der Waals surface area contributed by atoms with E-state index >= 15 is 4.39 Å². The molecule has 53 heavy (non-hydrogen) atoms. The van der Waals surface area contributed by atoms with Gasteiger partial charge in [0.1, 0.15) is 0 Å². The van der Waals surface area contributed by atoms with Crippen LogP contribution < -0.4 is 0 Å². The Bertz CT molecular complexity index is 2520. The van der Waals surface area contributed by atoms with Gasteiger partial charge in [0, 0.05) is 33.0 Å². The van der Waals surface area contributed by atoms with Crippen LogP contribution in [0.2, 0.25) is 0 Å². The molecule has 2 aromatic heterocycles. The summed E-state index contributed by atoms with van der Waals surface area (Å²) in [6.45, 7) is 13.4. The standard InChI is InChI=1S/C47H40F2N4/c1-46(2,3)32-21-24-39-35(27-32)36-28-33(47(4,5)6)22-25-40(36)53(39)41-23-20-31(34-18-13-19-38(48)42(34)49)26-37(41)45-51-43(29-14-9-7-10-15-29)50-44(52-45)30-16-11-8-12-17-30/h7-28H,1-6H3. The predicted octanol–water partition coefficient (Wildman–Crippen LogP) is 12.5. The van der Waals surface area contributed by atoms with Crippen molar-refractivity contribution in [1.82, 2.24) is 19.5 Å². The van der Waals surface area contributed by atoms with Crippen LogP contribution in [0.4, 0.5) is 8.78 Å². The molecule has 4 nitrogen and oxygen atoms in total. The van der Waals surface area contributed by atoms with Crippen molar-refractivity contribution >= 4 is 21.8 Å². The summed E-state index contributed by atoms with van der Waals surface area (Å²) in [7, 11) is 0. The molecule has 0 radical (unpaired) electrons. The minimum atomic E-state index is -0.905. The van der Waals surface area contributed by atoms with Gasteiger partial charge in [-0.2, -0.15) is 0 Å². The summed E-state index contributed by atoms with van der Waals surface area (Å²) in [6.07, 6.45) is 0. The molecule has 0 saturated carbocycles. The van der Waals surface area contributed by atoms with Gasteiger partial charge in [-0.3, -0.25) is 0 Å². The van der Waals surface area contributed by atoms with Crippen molar-refractivity contribution in [2.24, 2.45) is 0 Å². The van der Waals surface area contributed by atoms with Crippen molar-refractivity contribution < 1.29 is 8.78 Å². The van der Waals surface area contributed by atoms with Gasteiger partial charge in [-0.1, -0.05) is 133 Å². The molecule has 0 bridgehead atoms. The Kier molecular flexibility index (Phi) is 8.29. The summed E-state index contributed by atoms with van der Waals surface area (Å²) < 4.78 is 32.3. The highest BCUT2D eigenvalue weighted by molar-refractivity contribution is 6.10. The first-order valence-corrected chi connectivity index (χ1v) is 17.9. The summed E-state index contributed by atoms with van der Waals surface area (Å²) in [6, 6.07) is 42.9. The molecule has 6 aromatic carbocycles. The van der Waals surface area contributed by atoms with E-state index in [0.29, 0.717) is 28.6 Å². The number of hydrogen-bond donors (Lipinski definition) is 0. The normalized spacial score (nSPS) is 12.2. The molecule has 0 spiro atoms. The molecule has 0 amide bonds. The Morgan fingerprint density at radius 1 is 0.453 bits per heavy atom. The lowest BCUT2D eigenvalue weighted by molar-refractivity contribution is 0.511. The number of aromatic nitrogens is 4. The van der Waals surface area contributed by atoms with Crippen LogP contribution in [0.25, 0.3) is 72.8 Å². The van der Waals surface area contributed by atoms with E-state index in [1.165, 1.54) is 17.2 Å². The fourth-order valence-corrected chi connectivity index (χ4v) is 6.95. The molecule has 8 aromatic rings. The smallest absolute Gasteiger partial charge is 0.166 e. The lowest BCUT2D eigenvalue weighted by Gasteiger charge is -2.19. The summed E-state index contributed by atoms with van der Waals surface area (Å²) in [5.41, 5.74) is 8.20. The highest BCUT2D eigenvalue weighted by Gasteiger charge is 2.24. The number of fused-ring (bicyclic) bond motifs is 3. The van der Waals surface area contributed by atoms with Crippen molar-refractivity contribution in [2.45, 2.75) is 52.4 Å². The summed E-state index contributed by atoms with van der Waals surface area (Å²) in [5.74, 6) is -0.376. The van der Waals surface area contributed by atoms with Crippen LogP contribution in [0.5, 0.6) is 0 Å². The van der Waals surface area contributed by atoms with Gasteiger partial charge in [-0.25, -0.2) is 23.7 Å². The van der Waals surface area contributed by atoms with E-state index in [0.717, 1.165) is 44.7 Å². The molecule has 0 fully saturated rings. The molecule has 6 heteroatoms. The molecule has 0 atom stereocenters. The Labute approximate surface area is 308 Å². The van der Waals surface area contributed by atoms with Gasteiger partial charge in [0.15, 0.2) is 29.1 Å². The predicted molar refractivity (Wildman–Crippen MR) is 213 cm³/mol. The number of rotatable bonds is 5.